The van der Waals surface area contributed by atoms with Gasteiger partial charge in [-0.05, 0) is 48.3 Å². The minimum atomic E-state index is 0.251. The van der Waals surface area contributed by atoms with Crippen molar-refractivity contribution in [2.75, 3.05) is 38.5 Å². The highest BCUT2D eigenvalue weighted by atomic mass is 32.1. The van der Waals surface area contributed by atoms with Gasteiger partial charge in [0.15, 0.2) is 0 Å². The van der Waals surface area contributed by atoms with Crippen molar-refractivity contribution in [1.82, 2.24) is 14.8 Å². The number of nitrogens with zero attached hydrogens (tertiary/aromatic N) is 3. The Morgan fingerprint density at radius 1 is 1.09 bits per heavy atom. The van der Waals surface area contributed by atoms with E-state index < -0.39 is 0 Å². The summed E-state index contributed by atoms with van der Waals surface area (Å²) in [5.74, 6) is 2.61. The molecule has 34 heavy (non-hydrogen) atoms. The number of pyridine rings is 1. The van der Waals surface area contributed by atoms with Crippen LogP contribution in [0.4, 0.5) is 11.4 Å². The van der Waals surface area contributed by atoms with E-state index >= 15 is 0 Å². The van der Waals surface area contributed by atoms with Crippen LogP contribution in [-0.2, 0) is 6.54 Å². The van der Waals surface area contributed by atoms with Gasteiger partial charge in [0.2, 0.25) is 0 Å². The molecule has 3 heterocycles. The first-order chi connectivity index (χ1) is 16.7. The lowest BCUT2D eigenvalue weighted by molar-refractivity contribution is 0.148. The zero-order chi connectivity index (χ0) is 23.3. The van der Waals surface area contributed by atoms with Gasteiger partial charge in [-0.3, -0.25) is 9.88 Å². The Morgan fingerprint density at radius 2 is 1.91 bits per heavy atom. The second-order valence-electron chi connectivity index (χ2n) is 8.54. The zero-order valence-electron chi connectivity index (χ0n) is 19.3. The summed E-state index contributed by atoms with van der Waals surface area (Å²) in [6.45, 7) is 9.32. The number of likely N-dealkylation sites (N-methyl/N-ethyl adjacent to an activating group) is 1. The third-order valence-corrected chi connectivity index (χ3v) is 7.75. The second kappa shape index (κ2) is 10.7. The first-order valence-corrected chi connectivity index (χ1v) is 13.3. The number of benzene rings is 2. The average molecular weight is 489 g/mol. The summed E-state index contributed by atoms with van der Waals surface area (Å²) in [7, 11) is 2.45. The maximum absolute atomic E-state index is 5.70. The number of piperazine rings is 1. The van der Waals surface area contributed by atoms with E-state index in [1.807, 2.05) is 36.5 Å². The highest BCUT2D eigenvalue weighted by Crippen LogP contribution is 2.38. The van der Waals surface area contributed by atoms with Crippen molar-refractivity contribution in [3.63, 3.8) is 0 Å². The molecule has 1 saturated heterocycles. The Morgan fingerprint density at radius 3 is 2.71 bits per heavy atom. The zero-order valence-corrected chi connectivity index (χ0v) is 21.1. The molecule has 0 radical (unpaired) electrons. The van der Waals surface area contributed by atoms with E-state index in [2.05, 4.69) is 64.1 Å². The van der Waals surface area contributed by atoms with Crippen LogP contribution in [0.1, 0.15) is 5.56 Å². The van der Waals surface area contributed by atoms with Crippen LogP contribution in [-0.4, -0.2) is 48.0 Å². The fourth-order valence-corrected chi connectivity index (χ4v) is 5.56. The third-order valence-electron chi connectivity index (χ3n) is 6.03. The highest BCUT2D eigenvalue weighted by Gasteiger charge is 2.14. The second-order valence-corrected chi connectivity index (χ2v) is 10.4. The van der Waals surface area contributed by atoms with Crippen LogP contribution in [0.3, 0.4) is 0 Å². The molecule has 1 aliphatic rings. The van der Waals surface area contributed by atoms with Gasteiger partial charge in [0.25, 0.3) is 0 Å². The van der Waals surface area contributed by atoms with Crippen molar-refractivity contribution in [2.45, 2.75) is 6.54 Å². The molecule has 5 nitrogen and oxygen atoms in total. The molecule has 0 saturated carbocycles. The van der Waals surface area contributed by atoms with Crippen molar-refractivity contribution in [2.24, 2.45) is 0 Å². The number of fused-ring (bicyclic) bond motifs is 1. The predicted molar refractivity (Wildman–Crippen MR) is 147 cm³/mol. The molecule has 5 rings (SSSR count). The molecular weight excluding hydrogens is 459 g/mol. The summed E-state index contributed by atoms with van der Waals surface area (Å²) in [4.78, 5) is 10.8. The number of rotatable bonds is 8. The van der Waals surface area contributed by atoms with Gasteiger partial charge in [-0.1, -0.05) is 36.9 Å². The molecule has 2 aromatic carbocycles. The quantitative estimate of drug-likeness (QED) is 0.284. The van der Waals surface area contributed by atoms with Crippen molar-refractivity contribution < 1.29 is 4.52 Å². The lowest BCUT2D eigenvalue weighted by Gasteiger charge is -2.32. The van der Waals surface area contributed by atoms with Crippen molar-refractivity contribution in [3.8, 4) is 16.2 Å². The Balaban J connectivity index is 1.33. The van der Waals surface area contributed by atoms with Gasteiger partial charge in [-0.15, -0.1) is 11.3 Å². The van der Waals surface area contributed by atoms with Crippen molar-refractivity contribution in [3.05, 3.63) is 84.8 Å². The molecule has 4 aromatic rings. The molecule has 0 amide bonds. The number of hydrogen-bond acceptors (Lipinski definition) is 6. The first kappa shape index (κ1) is 23.0. The van der Waals surface area contributed by atoms with Crippen LogP contribution < -0.4 is 9.84 Å². The van der Waals surface area contributed by atoms with E-state index in [1.54, 1.807) is 17.2 Å². The molecule has 174 valence electrons. The van der Waals surface area contributed by atoms with E-state index in [4.69, 9.17) is 4.52 Å². The number of thiophene rings is 1. The van der Waals surface area contributed by atoms with Crippen molar-refractivity contribution in [1.29, 1.82) is 0 Å². The Kier molecular flexibility index (Phi) is 7.21. The maximum atomic E-state index is 5.70. The normalized spacial score (nSPS) is 15.2. The lowest BCUT2D eigenvalue weighted by atomic mass is 10.1. The molecule has 1 N–H and O–H groups in total. The molecule has 1 atom stereocenters. The SMILES string of the molecule is C=CPOc1cccc(Nc2ccnc3cc(-c4ccc(CN5CCN(C)CC5)cc4)sc23)c1. The summed E-state index contributed by atoms with van der Waals surface area (Å²) in [6.07, 6.45) is 1.86. The Hall–Kier alpha value is -2.76. The average Bonchev–Trinajstić information content (AvgIpc) is 3.30. The van der Waals surface area contributed by atoms with Crippen LogP contribution in [0.15, 0.2) is 79.3 Å². The van der Waals surface area contributed by atoms with Gasteiger partial charge in [-0.2, -0.15) is 0 Å². The molecule has 1 unspecified atom stereocenters. The standard InChI is InChI=1S/C27H29N4OPS/c1-3-33-32-23-6-4-5-22(17-23)29-24-11-12-28-25-18-26(34-27(24)25)21-9-7-20(8-10-21)19-31-15-13-30(2)14-16-31/h3-12,17-18,33H,1,13-16,19H2,2H3,(H,28,29). The third kappa shape index (κ3) is 5.48. The van der Waals surface area contributed by atoms with E-state index in [0.29, 0.717) is 0 Å². The van der Waals surface area contributed by atoms with Crippen LogP contribution in [0.5, 0.6) is 5.75 Å². The van der Waals surface area contributed by atoms with E-state index in [9.17, 15) is 0 Å². The van der Waals surface area contributed by atoms with Gasteiger partial charge in [0, 0.05) is 55.6 Å². The minimum absolute atomic E-state index is 0.251. The fourth-order valence-electron chi connectivity index (χ4n) is 4.12. The molecular formula is C27H29N4OPS. The summed E-state index contributed by atoms with van der Waals surface area (Å²) in [5, 5.41) is 3.54. The van der Waals surface area contributed by atoms with Gasteiger partial charge >= 0.3 is 0 Å². The van der Waals surface area contributed by atoms with E-state index in [-0.39, 0.29) is 8.81 Å². The van der Waals surface area contributed by atoms with Crippen LogP contribution >= 0.6 is 20.1 Å². The topological polar surface area (TPSA) is 40.6 Å². The molecule has 1 aliphatic heterocycles. The van der Waals surface area contributed by atoms with Crippen LogP contribution in [0.25, 0.3) is 20.7 Å². The van der Waals surface area contributed by atoms with Crippen LogP contribution in [0.2, 0.25) is 0 Å². The molecule has 2 aromatic heterocycles. The fraction of sp³-hybridized carbons (Fsp3) is 0.222. The van der Waals surface area contributed by atoms with Gasteiger partial charge in [0.05, 0.1) is 24.7 Å². The summed E-state index contributed by atoms with van der Waals surface area (Å²) < 4.78 is 6.85. The highest BCUT2D eigenvalue weighted by molar-refractivity contribution is 7.36. The largest absolute Gasteiger partial charge is 0.473 e. The monoisotopic (exact) mass is 488 g/mol. The summed E-state index contributed by atoms with van der Waals surface area (Å²) >= 11 is 1.77. The van der Waals surface area contributed by atoms with E-state index in [0.717, 1.165) is 60.1 Å². The van der Waals surface area contributed by atoms with E-state index in [1.165, 1.54) is 16.0 Å². The maximum Gasteiger partial charge on any atom is 0.125 e. The Labute approximate surface area is 206 Å². The predicted octanol–water partition coefficient (Wildman–Crippen LogP) is 6.57. The van der Waals surface area contributed by atoms with Crippen LogP contribution in [0, 0.1) is 0 Å². The molecule has 1 fully saturated rings. The Bertz CT molecular complexity index is 1270. The number of anilines is 2. The van der Waals surface area contributed by atoms with Gasteiger partial charge in [-0.25, -0.2) is 0 Å². The minimum Gasteiger partial charge on any atom is -0.473 e. The number of nitrogens with one attached hydrogen (secondary N) is 1. The first-order valence-electron chi connectivity index (χ1n) is 11.5. The summed E-state index contributed by atoms with van der Waals surface area (Å²) in [5.41, 5.74) is 5.65. The molecule has 0 spiro atoms. The number of aromatic nitrogens is 1. The molecule has 0 bridgehead atoms. The molecule has 0 aliphatic carbocycles. The van der Waals surface area contributed by atoms with Gasteiger partial charge < -0.3 is 14.7 Å². The summed E-state index contributed by atoms with van der Waals surface area (Å²) in [6, 6.07) is 21.2. The number of hydrogen-bond donors (Lipinski definition) is 1. The van der Waals surface area contributed by atoms with Gasteiger partial charge in [0.1, 0.15) is 5.75 Å². The molecule has 7 heteroatoms. The lowest BCUT2D eigenvalue weighted by Crippen LogP contribution is -2.43. The smallest absolute Gasteiger partial charge is 0.125 e. The van der Waals surface area contributed by atoms with Crippen molar-refractivity contribution >= 4 is 41.7 Å².